The zero-order valence-electron chi connectivity index (χ0n) is 17.1. The highest BCUT2D eigenvalue weighted by Gasteiger charge is 2.25. The van der Waals surface area contributed by atoms with Crippen molar-refractivity contribution in [2.24, 2.45) is 0 Å². The van der Waals surface area contributed by atoms with Gasteiger partial charge in [-0.05, 0) is 60.5 Å². The molecule has 5 nitrogen and oxygen atoms in total. The first-order chi connectivity index (χ1) is 14.6. The molecule has 0 bridgehead atoms. The molecule has 1 aliphatic rings. The van der Waals surface area contributed by atoms with Crippen LogP contribution in [0.3, 0.4) is 0 Å². The van der Waals surface area contributed by atoms with Crippen LogP contribution in [0.2, 0.25) is 0 Å². The van der Waals surface area contributed by atoms with E-state index in [1.165, 1.54) is 4.88 Å². The maximum Gasteiger partial charge on any atom is 0.251 e. The number of nitrogens with zero attached hydrogens (tertiary/aromatic N) is 1. The number of carbonyl (C=O) groups excluding carboxylic acids is 1. The van der Waals surface area contributed by atoms with Crippen LogP contribution in [0.15, 0.2) is 54.2 Å². The molecule has 2 aromatic heterocycles. The highest BCUT2D eigenvalue weighted by molar-refractivity contribution is 7.13. The van der Waals surface area contributed by atoms with Crippen LogP contribution in [0.5, 0.6) is 0 Å². The van der Waals surface area contributed by atoms with Crippen molar-refractivity contribution in [3.05, 3.63) is 70.9 Å². The Balaban J connectivity index is 1.43. The number of aryl methyl sites for hydroxylation is 1. The van der Waals surface area contributed by atoms with Gasteiger partial charge < -0.3 is 15.7 Å². The number of hydrogen-bond donors (Lipinski definition) is 3. The van der Waals surface area contributed by atoms with Gasteiger partial charge in [-0.3, -0.25) is 9.78 Å². The van der Waals surface area contributed by atoms with E-state index in [2.05, 4.69) is 33.1 Å². The molecule has 1 fully saturated rings. The maximum absolute atomic E-state index is 12.7. The van der Waals surface area contributed by atoms with E-state index in [0.717, 1.165) is 48.1 Å². The molecule has 6 heteroatoms. The van der Waals surface area contributed by atoms with Gasteiger partial charge in [-0.1, -0.05) is 25.0 Å². The summed E-state index contributed by atoms with van der Waals surface area (Å²) < 4.78 is 0. The second-order valence-corrected chi connectivity index (χ2v) is 8.82. The first-order valence-corrected chi connectivity index (χ1v) is 11.3. The van der Waals surface area contributed by atoms with Crippen molar-refractivity contribution < 1.29 is 9.90 Å². The van der Waals surface area contributed by atoms with Crippen molar-refractivity contribution in [3.63, 3.8) is 0 Å². The number of aliphatic hydroxyl groups excluding tert-OH is 1. The van der Waals surface area contributed by atoms with E-state index in [0.29, 0.717) is 12.1 Å². The van der Waals surface area contributed by atoms with Crippen LogP contribution in [-0.4, -0.2) is 28.1 Å². The van der Waals surface area contributed by atoms with Crippen LogP contribution in [0.1, 0.15) is 47.2 Å². The molecule has 0 radical (unpaired) electrons. The number of carbonyl (C=O) groups is 1. The Hall–Kier alpha value is -2.70. The van der Waals surface area contributed by atoms with Crippen LogP contribution in [0, 0.1) is 6.92 Å². The second kappa shape index (κ2) is 9.41. The minimum atomic E-state index is -0.450. The highest BCUT2D eigenvalue weighted by atomic mass is 32.1. The molecule has 156 valence electrons. The van der Waals surface area contributed by atoms with Crippen molar-refractivity contribution in [2.45, 2.75) is 51.3 Å². The third-order valence-electron chi connectivity index (χ3n) is 5.63. The summed E-state index contributed by atoms with van der Waals surface area (Å²) in [5.41, 5.74) is 4.80. The second-order valence-electron chi connectivity index (χ2n) is 7.87. The van der Waals surface area contributed by atoms with Gasteiger partial charge in [0.2, 0.25) is 0 Å². The lowest BCUT2D eigenvalue weighted by molar-refractivity contribution is 0.0717. The SMILES string of the molecule is Cc1ccc(C(=O)N[C@H]2CCCC[C@@H]2O)cc1NCc1cncc(-c2cccs2)c1. The summed E-state index contributed by atoms with van der Waals surface area (Å²) in [6, 6.07) is 11.8. The number of nitrogens with one attached hydrogen (secondary N) is 2. The molecule has 0 unspecified atom stereocenters. The zero-order chi connectivity index (χ0) is 20.9. The van der Waals surface area contributed by atoms with E-state index in [-0.39, 0.29) is 11.9 Å². The summed E-state index contributed by atoms with van der Waals surface area (Å²) in [6.45, 7) is 2.65. The van der Waals surface area contributed by atoms with Gasteiger partial charge in [-0.25, -0.2) is 0 Å². The van der Waals surface area contributed by atoms with Crippen LogP contribution in [0.4, 0.5) is 5.69 Å². The summed E-state index contributed by atoms with van der Waals surface area (Å²) in [5, 5.41) is 18.6. The monoisotopic (exact) mass is 421 g/mol. The molecule has 3 N–H and O–H groups in total. The molecule has 2 atom stereocenters. The zero-order valence-corrected chi connectivity index (χ0v) is 17.9. The summed E-state index contributed by atoms with van der Waals surface area (Å²) >= 11 is 1.70. The molecular weight excluding hydrogens is 394 g/mol. The van der Waals surface area contributed by atoms with Gasteiger partial charge in [0.15, 0.2) is 0 Å². The first kappa shape index (κ1) is 20.6. The molecular formula is C24H27N3O2S. The van der Waals surface area contributed by atoms with E-state index < -0.39 is 6.10 Å². The van der Waals surface area contributed by atoms with Crippen molar-refractivity contribution in [2.75, 3.05) is 5.32 Å². The Labute approximate surface area is 181 Å². The number of aromatic nitrogens is 1. The number of thiophene rings is 1. The molecule has 30 heavy (non-hydrogen) atoms. The molecule has 4 rings (SSSR count). The van der Waals surface area contributed by atoms with Gasteiger partial charge in [0, 0.05) is 40.6 Å². The van der Waals surface area contributed by atoms with Crippen molar-refractivity contribution in [1.82, 2.24) is 10.3 Å². The maximum atomic E-state index is 12.7. The van der Waals surface area contributed by atoms with Gasteiger partial charge in [0.05, 0.1) is 12.1 Å². The fraction of sp³-hybridized carbons (Fsp3) is 0.333. The fourth-order valence-electron chi connectivity index (χ4n) is 3.84. The number of rotatable bonds is 6. The van der Waals surface area contributed by atoms with E-state index >= 15 is 0 Å². The van der Waals surface area contributed by atoms with Crippen LogP contribution in [-0.2, 0) is 6.54 Å². The Morgan fingerprint density at radius 1 is 1.20 bits per heavy atom. The molecule has 0 spiro atoms. The number of anilines is 1. The Morgan fingerprint density at radius 2 is 2.07 bits per heavy atom. The van der Waals surface area contributed by atoms with Crippen molar-refractivity contribution in [1.29, 1.82) is 0 Å². The third kappa shape index (κ3) is 4.89. The Kier molecular flexibility index (Phi) is 6.45. The minimum absolute atomic E-state index is 0.134. The quantitative estimate of drug-likeness (QED) is 0.536. The normalized spacial score (nSPS) is 18.7. The predicted octanol–water partition coefficient (Wildman–Crippen LogP) is 4.76. The van der Waals surface area contributed by atoms with Gasteiger partial charge in [-0.2, -0.15) is 0 Å². The highest BCUT2D eigenvalue weighted by Crippen LogP contribution is 2.25. The molecule has 1 aliphatic carbocycles. The lowest BCUT2D eigenvalue weighted by Crippen LogP contribution is -2.45. The Bertz CT molecular complexity index is 1000. The fourth-order valence-corrected chi connectivity index (χ4v) is 4.55. The number of pyridine rings is 1. The van der Waals surface area contributed by atoms with E-state index in [4.69, 9.17) is 0 Å². The molecule has 1 amide bonds. The standard InChI is InChI=1S/C24H27N3O2S/c1-16-8-9-18(24(29)27-20-5-2-3-6-22(20)28)12-21(16)26-14-17-11-19(15-25-13-17)23-7-4-10-30-23/h4,7-13,15,20,22,26,28H,2-3,5-6,14H2,1H3,(H,27,29)/t20-,22-/m0/s1. The summed E-state index contributed by atoms with van der Waals surface area (Å²) in [4.78, 5) is 18.3. The average Bonchev–Trinajstić information content (AvgIpc) is 3.30. The van der Waals surface area contributed by atoms with E-state index in [1.807, 2.05) is 43.6 Å². The molecule has 1 saturated carbocycles. The van der Waals surface area contributed by atoms with Gasteiger partial charge in [-0.15, -0.1) is 11.3 Å². The molecule has 0 saturated heterocycles. The predicted molar refractivity (Wildman–Crippen MR) is 122 cm³/mol. The smallest absolute Gasteiger partial charge is 0.251 e. The van der Waals surface area contributed by atoms with E-state index in [1.54, 1.807) is 11.3 Å². The van der Waals surface area contributed by atoms with Crippen LogP contribution >= 0.6 is 11.3 Å². The number of amides is 1. The van der Waals surface area contributed by atoms with Gasteiger partial charge in [0.1, 0.15) is 0 Å². The summed E-state index contributed by atoms with van der Waals surface area (Å²) in [5.74, 6) is -0.134. The largest absolute Gasteiger partial charge is 0.391 e. The number of benzene rings is 1. The summed E-state index contributed by atoms with van der Waals surface area (Å²) in [6.07, 6.45) is 6.94. The van der Waals surface area contributed by atoms with E-state index in [9.17, 15) is 9.90 Å². The third-order valence-corrected chi connectivity index (χ3v) is 6.55. The van der Waals surface area contributed by atoms with Gasteiger partial charge in [0.25, 0.3) is 5.91 Å². The molecule has 2 heterocycles. The Morgan fingerprint density at radius 3 is 2.87 bits per heavy atom. The van der Waals surface area contributed by atoms with Crippen molar-refractivity contribution >= 4 is 22.9 Å². The molecule has 1 aromatic carbocycles. The average molecular weight is 422 g/mol. The summed E-state index contributed by atoms with van der Waals surface area (Å²) in [7, 11) is 0. The van der Waals surface area contributed by atoms with Crippen LogP contribution in [0.25, 0.3) is 10.4 Å². The van der Waals surface area contributed by atoms with Crippen molar-refractivity contribution in [3.8, 4) is 10.4 Å². The number of hydrogen-bond acceptors (Lipinski definition) is 5. The minimum Gasteiger partial charge on any atom is -0.391 e. The van der Waals surface area contributed by atoms with Gasteiger partial charge >= 0.3 is 0 Å². The molecule has 0 aliphatic heterocycles. The number of aliphatic hydroxyl groups is 1. The topological polar surface area (TPSA) is 74.2 Å². The first-order valence-electron chi connectivity index (χ1n) is 10.4. The lowest BCUT2D eigenvalue weighted by Gasteiger charge is -2.28. The van der Waals surface area contributed by atoms with Crippen LogP contribution < -0.4 is 10.6 Å². The molecule has 3 aromatic rings. The lowest BCUT2D eigenvalue weighted by atomic mass is 9.92.